The molecule has 0 saturated carbocycles. The molecule has 6 nitrogen and oxygen atoms in total. The van der Waals surface area contributed by atoms with Gasteiger partial charge in [-0.3, -0.25) is 9.48 Å². The van der Waals surface area contributed by atoms with E-state index in [1.54, 1.807) is 0 Å². The summed E-state index contributed by atoms with van der Waals surface area (Å²) in [6.45, 7) is 11.3. The van der Waals surface area contributed by atoms with Crippen LogP contribution in [0, 0.1) is 20.8 Å². The summed E-state index contributed by atoms with van der Waals surface area (Å²) >= 11 is 0. The van der Waals surface area contributed by atoms with E-state index in [1.165, 1.54) is 23.7 Å². The van der Waals surface area contributed by atoms with Gasteiger partial charge in [0, 0.05) is 36.5 Å². The molecule has 0 radical (unpaired) electrons. The minimum absolute atomic E-state index is 0.296. The van der Waals surface area contributed by atoms with Gasteiger partial charge in [-0.25, -0.2) is 0 Å². The molecule has 2 aliphatic rings. The van der Waals surface area contributed by atoms with Gasteiger partial charge in [-0.15, -0.1) is 0 Å². The first kappa shape index (κ1) is 21.6. The Morgan fingerprint density at radius 1 is 1.18 bits per heavy atom. The first-order valence-electron chi connectivity index (χ1n) is 11.7. The van der Waals surface area contributed by atoms with Crippen molar-refractivity contribution in [3.8, 4) is 22.8 Å². The number of nitrogens with zero attached hydrogens (tertiary/aromatic N) is 2. The summed E-state index contributed by atoms with van der Waals surface area (Å²) in [7, 11) is 0. The Hall–Kier alpha value is -3.28. The topological polar surface area (TPSA) is 65.4 Å². The van der Waals surface area contributed by atoms with Crippen molar-refractivity contribution in [2.75, 3.05) is 11.9 Å². The molecule has 2 aromatic carbocycles. The van der Waals surface area contributed by atoms with Crippen LogP contribution < -0.4 is 14.8 Å². The average molecular weight is 446 g/mol. The summed E-state index contributed by atoms with van der Waals surface area (Å²) in [5.74, 6) is 1.30. The van der Waals surface area contributed by atoms with E-state index in [-0.39, 0.29) is 5.97 Å². The molecule has 172 valence electrons. The highest BCUT2D eigenvalue weighted by Gasteiger charge is 2.36. The van der Waals surface area contributed by atoms with E-state index in [0.29, 0.717) is 12.3 Å². The van der Waals surface area contributed by atoms with E-state index >= 15 is 0 Å². The summed E-state index contributed by atoms with van der Waals surface area (Å²) in [5, 5.41) is 8.21. The van der Waals surface area contributed by atoms with Gasteiger partial charge in [0.05, 0.1) is 12.2 Å². The maximum Gasteiger partial charge on any atom is 0.308 e. The highest BCUT2D eigenvalue weighted by molar-refractivity contribution is 5.80. The van der Waals surface area contributed by atoms with Gasteiger partial charge in [0.25, 0.3) is 0 Å². The lowest BCUT2D eigenvalue weighted by atomic mass is 9.87. The van der Waals surface area contributed by atoms with Crippen LogP contribution in [-0.2, 0) is 24.2 Å². The fourth-order valence-electron chi connectivity index (χ4n) is 5.25. The van der Waals surface area contributed by atoms with Gasteiger partial charge in [0.1, 0.15) is 17.1 Å². The summed E-state index contributed by atoms with van der Waals surface area (Å²) in [6.07, 6.45) is 4.65. The molecule has 0 unspecified atom stereocenters. The zero-order valence-electron chi connectivity index (χ0n) is 20.0. The number of benzene rings is 2. The monoisotopic (exact) mass is 445 g/mol. The lowest BCUT2D eigenvalue weighted by molar-refractivity contribution is -0.132. The molecule has 0 aliphatic carbocycles. The minimum Gasteiger partial charge on any atom is -0.485 e. The van der Waals surface area contributed by atoms with Crippen LogP contribution in [0.3, 0.4) is 0 Å². The number of hydrogen-bond acceptors (Lipinski definition) is 5. The SMILES string of the molecule is CC(=O)Oc1c(C)c(C)c2c(c1C)CC[C@](C)(Cn1nccc1-c1cccc3c1NCC3)O2. The number of anilines is 1. The highest BCUT2D eigenvalue weighted by Crippen LogP contribution is 2.44. The van der Waals surface area contributed by atoms with Crippen molar-refractivity contribution in [1.29, 1.82) is 0 Å². The highest BCUT2D eigenvalue weighted by atomic mass is 16.5. The second-order valence-electron chi connectivity index (χ2n) is 9.55. The number of rotatable bonds is 4. The molecule has 0 amide bonds. The summed E-state index contributed by atoms with van der Waals surface area (Å²) in [6, 6.07) is 8.57. The lowest BCUT2D eigenvalue weighted by Gasteiger charge is -2.38. The van der Waals surface area contributed by atoms with Gasteiger partial charge in [-0.2, -0.15) is 5.10 Å². The lowest BCUT2D eigenvalue weighted by Crippen LogP contribution is -2.41. The number of carbonyl (C=O) groups excluding carboxylic acids is 1. The fourth-order valence-corrected chi connectivity index (χ4v) is 5.25. The standard InChI is InChI=1S/C27H31N3O3/c1-16-17(2)26-21(18(3)25(16)32-19(4)31)9-12-27(5,33-26)15-30-23(11-14-29-30)22-8-6-7-20-10-13-28-24(20)22/h6-8,11,14,28H,9-10,12-13,15H2,1-5H3/t27-/m1/s1. The second-order valence-corrected chi connectivity index (χ2v) is 9.55. The van der Waals surface area contributed by atoms with E-state index in [1.807, 2.05) is 27.0 Å². The first-order chi connectivity index (χ1) is 15.8. The number of nitrogens with one attached hydrogen (secondary N) is 1. The van der Waals surface area contributed by atoms with E-state index in [2.05, 4.69) is 46.3 Å². The molecule has 1 aromatic heterocycles. The number of esters is 1. The third-order valence-corrected chi connectivity index (χ3v) is 7.13. The predicted molar refractivity (Wildman–Crippen MR) is 129 cm³/mol. The first-order valence-corrected chi connectivity index (χ1v) is 11.7. The summed E-state index contributed by atoms with van der Waals surface area (Å²) in [4.78, 5) is 11.6. The molecular weight excluding hydrogens is 414 g/mol. The Morgan fingerprint density at radius 3 is 2.79 bits per heavy atom. The quantitative estimate of drug-likeness (QED) is 0.444. The number of carbonyl (C=O) groups is 1. The van der Waals surface area contributed by atoms with Crippen molar-refractivity contribution in [3.05, 3.63) is 58.3 Å². The van der Waals surface area contributed by atoms with Crippen molar-refractivity contribution in [1.82, 2.24) is 9.78 Å². The zero-order valence-corrected chi connectivity index (χ0v) is 20.0. The molecular formula is C27H31N3O3. The fraction of sp³-hybridized carbons (Fsp3) is 0.407. The van der Waals surface area contributed by atoms with Gasteiger partial charge in [0.2, 0.25) is 0 Å². The number of ether oxygens (including phenoxy) is 2. The zero-order chi connectivity index (χ0) is 23.3. The number of hydrogen-bond donors (Lipinski definition) is 1. The largest absolute Gasteiger partial charge is 0.485 e. The molecule has 5 rings (SSSR count). The van der Waals surface area contributed by atoms with Gasteiger partial charge < -0.3 is 14.8 Å². The van der Waals surface area contributed by atoms with Gasteiger partial charge >= 0.3 is 5.97 Å². The number of fused-ring (bicyclic) bond motifs is 2. The Balaban J connectivity index is 1.47. The third-order valence-electron chi connectivity index (χ3n) is 7.13. The molecule has 2 aliphatic heterocycles. The molecule has 3 aromatic rings. The van der Waals surface area contributed by atoms with Crippen molar-refractivity contribution in [2.45, 2.75) is 66.0 Å². The van der Waals surface area contributed by atoms with Crippen molar-refractivity contribution >= 4 is 11.7 Å². The average Bonchev–Trinajstić information content (AvgIpc) is 3.44. The van der Waals surface area contributed by atoms with Crippen LogP contribution in [0.25, 0.3) is 11.3 Å². The number of aromatic nitrogens is 2. The Labute approximate surface area is 194 Å². The summed E-state index contributed by atoms with van der Waals surface area (Å²) < 4.78 is 14.3. The van der Waals surface area contributed by atoms with Crippen LogP contribution in [0.5, 0.6) is 11.5 Å². The van der Waals surface area contributed by atoms with Crippen molar-refractivity contribution in [2.24, 2.45) is 0 Å². The minimum atomic E-state index is -0.397. The van der Waals surface area contributed by atoms with Crippen LogP contribution in [0.15, 0.2) is 30.5 Å². The molecule has 0 saturated heterocycles. The number of para-hydroxylation sites is 1. The smallest absolute Gasteiger partial charge is 0.308 e. The van der Waals surface area contributed by atoms with Gasteiger partial charge in [-0.1, -0.05) is 18.2 Å². The van der Waals surface area contributed by atoms with E-state index in [0.717, 1.165) is 59.5 Å². The molecule has 0 bridgehead atoms. The molecule has 1 N–H and O–H groups in total. The summed E-state index contributed by atoms with van der Waals surface area (Å²) in [5.41, 5.74) is 8.60. The van der Waals surface area contributed by atoms with Crippen LogP contribution in [0.2, 0.25) is 0 Å². The van der Waals surface area contributed by atoms with Crippen LogP contribution in [-0.4, -0.2) is 27.9 Å². The molecule has 0 spiro atoms. The van der Waals surface area contributed by atoms with Crippen LogP contribution in [0.1, 0.15) is 48.1 Å². The van der Waals surface area contributed by atoms with E-state index < -0.39 is 5.60 Å². The molecule has 1 atom stereocenters. The molecule has 3 heterocycles. The van der Waals surface area contributed by atoms with E-state index in [9.17, 15) is 4.79 Å². The molecule has 33 heavy (non-hydrogen) atoms. The predicted octanol–water partition coefficient (Wildman–Crippen LogP) is 5.15. The Morgan fingerprint density at radius 2 is 2.00 bits per heavy atom. The van der Waals surface area contributed by atoms with Crippen LogP contribution >= 0.6 is 0 Å². The molecule has 0 fully saturated rings. The van der Waals surface area contributed by atoms with Gasteiger partial charge in [-0.05, 0) is 75.3 Å². The van der Waals surface area contributed by atoms with E-state index in [4.69, 9.17) is 9.47 Å². The maximum atomic E-state index is 11.6. The third kappa shape index (κ3) is 3.67. The second kappa shape index (κ2) is 7.94. The van der Waals surface area contributed by atoms with Crippen LogP contribution in [0.4, 0.5) is 5.69 Å². The van der Waals surface area contributed by atoms with Crippen molar-refractivity contribution < 1.29 is 14.3 Å². The van der Waals surface area contributed by atoms with Gasteiger partial charge in [0.15, 0.2) is 0 Å². The Kier molecular flexibility index (Phi) is 5.19. The Bertz CT molecular complexity index is 1260. The normalized spacial score (nSPS) is 18.8. The van der Waals surface area contributed by atoms with Crippen molar-refractivity contribution in [3.63, 3.8) is 0 Å². The maximum absolute atomic E-state index is 11.6. The molecule has 6 heteroatoms.